The van der Waals surface area contributed by atoms with E-state index in [4.69, 9.17) is 9.15 Å². The van der Waals surface area contributed by atoms with Crippen LogP contribution in [0.4, 0.5) is 0 Å². The first-order chi connectivity index (χ1) is 6.77. The van der Waals surface area contributed by atoms with E-state index in [-0.39, 0.29) is 11.7 Å². The molecule has 0 aromatic carbocycles. The predicted molar refractivity (Wildman–Crippen MR) is 59.2 cm³/mol. The van der Waals surface area contributed by atoms with Gasteiger partial charge in [0.2, 0.25) is 5.76 Å². The summed E-state index contributed by atoms with van der Waals surface area (Å²) in [7, 11) is 0. The van der Waals surface area contributed by atoms with Crippen molar-refractivity contribution in [2.24, 2.45) is 0 Å². The van der Waals surface area contributed by atoms with Crippen LogP contribution in [-0.4, -0.2) is 30.8 Å². The van der Waals surface area contributed by atoms with E-state index in [0.29, 0.717) is 6.61 Å². The zero-order chi connectivity index (χ0) is 10.4. The Bertz CT molecular complexity index is 296. The molecule has 5 heteroatoms. The van der Waals surface area contributed by atoms with Crippen molar-refractivity contribution in [1.82, 2.24) is 0 Å². The smallest absolute Gasteiger partial charge is 0.374 e. The number of hydrogen-bond acceptors (Lipinski definition) is 5. The molecule has 3 nitrogen and oxygen atoms in total. The van der Waals surface area contributed by atoms with Crippen LogP contribution in [0.5, 0.6) is 0 Å². The van der Waals surface area contributed by atoms with E-state index >= 15 is 0 Å². The second-order valence-electron chi connectivity index (χ2n) is 2.45. The van der Waals surface area contributed by atoms with Crippen LogP contribution in [0.15, 0.2) is 21.6 Å². The molecule has 0 aliphatic rings. The number of hydrogen-bond donors (Lipinski definition) is 0. The van der Waals surface area contributed by atoms with Crippen LogP contribution < -0.4 is 0 Å². The minimum absolute atomic E-state index is 0.274. The maximum atomic E-state index is 11.3. The largest absolute Gasteiger partial charge is 0.459 e. The van der Waals surface area contributed by atoms with Crippen molar-refractivity contribution in [1.29, 1.82) is 0 Å². The Morgan fingerprint density at radius 3 is 2.86 bits per heavy atom. The van der Waals surface area contributed by atoms with Crippen LogP contribution in [0.25, 0.3) is 0 Å². The topological polar surface area (TPSA) is 39.4 Å². The molecule has 0 N–H and O–H groups in total. The lowest BCUT2D eigenvalue weighted by atomic mass is 10.5. The summed E-state index contributed by atoms with van der Waals surface area (Å²) in [5.41, 5.74) is 0. The van der Waals surface area contributed by atoms with Crippen molar-refractivity contribution in [3.63, 3.8) is 0 Å². The van der Waals surface area contributed by atoms with Gasteiger partial charge in [0.15, 0.2) is 5.09 Å². The van der Waals surface area contributed by atoms with Crippen molar-refractivity contribution >= 4 is 29.5 Å². The second-order valence-corrected chi connectivity index (χ2v) is 4.25. The van der Waals surface area contributed by atoms with E-state index in [2.05, 4.69) is 0 Å². The third kappa shape index (κ3) is 3.31. The summed E-state index contributed by atoms with van der Waals surface area (Å²) in [5, 5.41) is 0.724. The van der Waals surface area contributed by atoms with Crippen LogP contribution in [0.2, 0.25) is 0 Å². The van der Waals surface area contributed by atoms with Crippen LogP contribution >= 0.6 is 23.5 Å². The Morgan fingerprint density at radius 2 is 2.29 bits per heavy atom. The molecule has 1 rings (SSSR count). The molecule has 0 aliphatic carbocycles. The number of ether oxygens (including phenoxy) is 1. The Balaban J connectivity index is 2.44. The summed E-state index contributed by atoms with van der Waals surface area (Å²) in [4.78, 5) is 11.3. The molecule has 0 spiro atoms. The molecule has 0 atom stereocenters. The Morgan fingerprint density at radius 1 is 1.50 bits per heavy atom. The molecular weight excluding hydrogens is 220 g/mol. The molecular formula is C9H12O3S2. The van der Waals surface area contributed by atoms with E-state index in [1.165, 1.54) is 11.8 Å². The minimum Gasteiger partial charge on any atom is -0.459 e. The Labute approximate surface area is 91.6 Å². The van der Waals surface area contributed by atoms with Gasteiger partial charge in [0.1, 0.15) is 6.61 Å². The third-order valence-corrected chi connectivity index (χ3v) is 2.70. The Kier molecular flexibility index (Phi) is 4.97. The monoisotopic (exact) mass is 232 g/mol. The number of furan rings is 1. The lowest BCUT2D eigenvalue weighted by Gasteiger charge is -2.00. The van der Waals surface area contributed by atoms with Gasteiger partial charge in [-0.05, 0) is 24.6 Å². The van der Waals surface area contributed by atoms with Gasteiger partial charge in [-0.25, -0.2) is 4.79 Å². The fourth-order valence-corrected chi connectivity index (χ4v) is 1.46. The van der Waals surface area contributed by atoms with E-state index in [1.807, 2.05) is 12.5 Å². The van der Waals surface area contributed by atoms with E-state index in [1.54, 1.807) is 23.9 Å². The maximum absolute atomic E-state index is 11.3. The summed E-state index contributed by atoms with van der Waals surface area (Å²) in [6.07, 6.45) is 3.86. The van der Waals surface area contributed by atoms with Crippen LogP contribution in [0.3, 0.4) is 0 Å². The molecule has 14 heavy (non-hydrogen) atoms. The molecule has 78 valence electrons. The van der Waals surface area contributed by atoms with Gasteiger partial charge >= 0.3 is 5.97 Å². The standard InChI is InChI=1S/C9H12O3S2/c1-13-6-5-11-9(10)7-3-4-8(12-7)14-2/h3-4H,5-6H2,1-2H3. The highest BCUT2D eigenvalue weighted by Gasteiger charge is 2.11. The molecule has 0 saturated carbocycles. The first kappa shape index (κ1) is 11.5. The van der Waals surface area contributed by atoms with Gasteiger partial charge in [-0.15, -0.1) is 0 Å². The van der Waals surface area contributed by atoms with Gasteiger partial charge in [0, 0.05) is 5.75 Å². The number of rotatable bonds is 5. The maximum Gasteiger partial charge on any atom is 0.374 e. The van der Waals surface area contributed by atoms with Crippen molar-refractivity contribution in [2.45, 2.75) is 5.09 Å². The quantitative estimate of drug-likeness (QED) is 0.443. The highest BCUT2D eigenvalue weighted by atomic mass is 32.2. The minimum atomic E-state index is -0.389. The summed E-state index contributed by atoms with van der Waals surface area (Å²) in [5.74, 6) is 0.691. The van der Waals surface area contributed by atoms with Crippen molar-refractivity contribution < 1.29 is 13.9 Å². The molecule has 0 aliphatic heterocycles. The van der Waals surface area contributed by atoms with Crippen LogP contribution in [0, 0.1) is 0 Å². The zero-order valence-corrected chi connectivity index (χ0v) is 9.74. The predicted octanol–water partition coefficient (Wildman–Crippen LogP) is 2.52. The summed E-state index contributed by atoms with van der Waals surface area (Å²) < 4.78 is 10.2. The molecule has 0 unspecified atom stereocenters. The van der Waals surface area contributed by atoms with Gasteiger partial charge in [0.25, 0.3) is 0 Å². The molecule has 0 radical (unpaired) electrons. The summed E-state index contributed by atoms with van der Waals surface area (Å²) in [6.45, 7) is 0.426. The van der Waals surface area contributed by atoms with Gasteiger partial charge in [0.05, 0.1) is 0 Å². The van der Waals surface area contributed by atoms with E-state index in [9.17, 15) is 4.79 Å². The summed E-state index contributed by atoms with van der Waals surface area (Å²) >= 11 is 3.09. The highest BCUT2D eigenvalue weighted by molar-refractivity contribution is 7.98. The third-order valence-electron chi connectivity index (χ3n) is 1.50. The molecule has 1 aromatic rings. The van der Waals surface area contributed by atoms with Crippen LogP contribution in [0.1, 0.15) is 10.6 Å². The molecule has 1 aromatic heterocycles. The lowest BCUT2D eigenvalue weighted by molar-refractivity contribution is 0.0488. The molecule has 1 heterocycles. The van der Waals surface area contributed by atoms with Gasteiger partial charge < -0.3 is 9.15 Å². The molecule has 0 fully saturated rings. The number of carbonyl (C=O) groups excluding carboxylic acids is 1. The summed E-state index contributed by atoms with van der Waals surface area (Å²) in [6, 6.07) is 3.39. The number of carbonyl (C=O) groups is 1. The molecule has 0 bridgehead atoms. The average Bonchev–Trinajstić information content (AvgIpc) is 2.66. The molecule has 0 amide bonds. The van der Waals surface area contributed by atoms with E-state index < -0.39 is 0 Å². The first-order valence-electron chi connectivity index (χ1n) is 4.08. The van der Waals surface area contributed by atoms with Crippen molar-refractivity contribution in [3.8, 4) is 0 Å². The van der Waals surface area contributed by atoms with E-state index in [0.717, 1.165) is 10.8 Å². The fourth-order valence-electron chi connectivity index (χ4n) is 0.828. The average molecular weight is 232 g/mol. The second kappa shape index (κ2) is 6.03. The number of thioether (sulfide) groups is 2. The van der Waals surface area contributed by atoms with Crippen LogP contribution in [-0.2, 0) is 4.74 Å². The highest BCUT2D eigenvalue weighted by Crippen LogP contribution is 2.18. The first-order valence-corrected chi connectivity index (χ1v) is 6.69. The SMILES string of the molecule is CSCCOC(=O)c1ccc(SC)o1. The van der Waals surface area contributed by atoms with Crippen molar-refractivity contribution in [2.75, 3.05) is 24.9 Å². The van der Waals surface area contributed by atoms with Gasteiger partial charge in [-0.2, -0.15) is 11.8 Å². The van der Waals surface area contributed by atoms with Gasteiger partial charge in [-0.3, -0.25) is 0 Å². The van der Waals surface area contributed by atoms with Crippen molar-refractivity contribution in [3.05, 3.63) is 17.9 Å². The Hall–Kier alpha value is -0.550. The fraction of sp³-hybridized carbons (Fsp3) is 0.444. The number of esters is 1. The zero-order valence-electron chi connectivity index (χ0n) is 8.11. The molecule has 0 saturated heterocycles. The normalized spacial score (nSPS) is 10.1. The van der Waals surface area contributed by atoms with Gasteiger partial charge in [-0.1, -0.05) is 11.8 Å². The lowest BCUT2D eigenvalue weighted by Crippen LogP contribution is -2.06.